The fourth-order valence-corrected chi connectivity index (χ4v) is 3.93. The molecule has 8 nitrogen and oxygen atoms in total. The monoisotopic (exact) mass is 492 g/mol. The molecule has 0 aliphatic rings. The molecule has 4 heterocycles. The molecule has 0 fully saturated rings. The summed E-state index contributed by atoms with van der Waals surface area (Å²) in [7, 11) is 0. The third-order valence-electron chi connectivity index (χ3n) is 5.56. The molecule has 0 spiro atoms. The lowest BCUT2D eigenvalue weighted by molar-refractivity contribution is 0.0768. The largest absolute Gasteiger partial charge is 0.485 e. The van der Waals surface area contributed by atoms with Gasteiger partial charge in [-0.1, -0.05) is 17.7 Å². The second-order valence-electron chi connectivity index (χ2n) is 8.70. The number of aliphatic hydroxyl groups is 1. The van der Waals surface area contributed by atoms with Crippen molar-refractivity contribution in [3.05, 3.63) is 109 Å². The number of ether oxygens (including phenoxy) is 1. The van der Waals surface area contributed by atoms with E-state index in [2.05, 4.69) is 9.97 Å². The van der Waals surface area contributed by atoms with Gasteiger partial charge in [0.15, 0.2) is 0 Å². The predicted octanol–water partition coefficient (Wildman–Crippen LogP) is 3.86. The zero-order valence-electron chi connectivity index (χ0n) is 19.8. The van der Waals surface area contributed by atoms with Crippen LogP contribution < -0.4 is 15.9 Å². The number of aromatic nitrogens is 4. The number of nitrogens with zero attached hydrogens (tertiary/aromatic N) is 4. The highest BCUT2D eigenvalue weighted by molar-refractivity contribution is 6.31. The van der Waals surface area contributed by atoms with Crippen LogP contribution in [0.4, 0.5) is 0 Å². The van der Waals surface area contributed by atoms with Crippen molar-refractivity contribution < 1.29 is 9.84 Å². The summed E-state index contributed by atoms with van der Waals surface area (Å²) >= 11 is 6.41. The van der Waals surface area contributed by atoms with Crippen LogP contribution in [0, 0.1) is 13.8 Å². The molecular weight excluding hydrogens is 468 g/mol. The molecule has 0 atom stereocenters. The Labute approximate surface area is 207 Å². The smallest absolute Gasteiger partial charge is 0.277 e. The molecule has 0 saturated carbocycles. The van der Waals surface area contributed by atoms with Crippen LogP contribution in [0.25, 0.3) is 11.5 Å². The summed E-state index contributed by atoms with van der Waals surface area (Å²) in [4.78, 5) is 34.9. The minimum absolute atomic E-state index is 0.0644. The second-order valence-corrected chi connectivity index (χ2v) is 9.08. The van der Waals surface area contributed by atoms with E-state index in [0.29, 0.717) is 28.5 Å². The Bertz CT molecular complexity index is 1510. The maximum Gasteiger partial charge on any atom is 0.277 e. The van der Waals surface area contributed by atoms with E-state index in [1.54, 1.807) is 63.6 Å². The molecule has 9 heteroatoms. The van der Waals surface area contributed by atoms with Crippen molar-refractivity contribution in [3.63, 3.8) is 0 Å². The fraction of sp³-hybridized carbons (Fsp3) is 0.231. The van der Waals surface area contributed by atoms with Crippen LogP contribution in [0.2, 0.25) is 5.02 Å². The lowest BCUT2D eigenvalue weighted by atomic mass is 10.0. The lowest BCUT2D eigenvalue weighted by Crippen LogP contribution is -2.31. The van der Waals surface area contributed by atoms with Gasteiger partial charge in [0.25, 0.3) is 11.1 Å². The van der Waals surface area contributed by atoms with Gasteiger partial charge in [0.1, 0.15) is 23.2 Å². The number of hydrogen-bond donors (Lipinski definition) is 1. The fourth-order valence-electron chi connectivity index (χ4n) is 3.74. The van der Waals surface area contributed by atoms with Gasteiger partial charge >= 0.3 is 0 Å². The molecule has 180 valence electrons. The Morgan fingerprint density at radius 1 is 1.06 bits per heavy atom. The molecule has 0 amide bonds. The highest BCUT2D eigenvalue weighted by atomic mass is 35.5. The highest BCUT2D eigenvalue weighted by Crippen LogP contribution is 2.26. The number of aryl methyl sites for hydroxylation is 2. The van der Waals surface area contributed by atoms with Gasteiger partial charge in [0.05, 0.1) is 17.0 Å². The maximum atomic E-state index is 13.3. The summed E-state index contributed by atoms with van der Waals surface area (Å²) in [5.41, 5.74) is 0.588. The SMILES string of the molecule is Cc1cnc(-n2cccc(C(C)(C)O)c2=O)cc1-n1c(C)cc(OCc2ccccn2)c(Cl)c1=O. The molecule has 4 aromatic rings. The van der Waals surface area contributed by atoms with Crippen molar-refractivity contribution >= 4 is 11.6 Å². The van der Waals surface area contributed by atoms with Crippen LogP contribution in [0.5, 0.6) is 5.75 Å². The second kappa shape index (κ2) is 9.48. The summed E-state index contributed by atoms with van der Waals surface area (Å²) in [5.74, 6) is 0.566. The van der Waals surface area contributed by atoms with E-state index in [1.807, 2.05) is 25.1 Å². The van der Waals surface area contributed by atoms with E-state index in [4.69, 9.17) is 16.3 Å². The van der Waals surface area contributed by atoms with E-state index in [9.17, 15) is 14.7 Å². The van der Waals surface area contributed by atoms with E-state index >= 15 is 0 Å². The molecule has 0 aromatic carbocycles. The van der Waals surface area contributed by atoms with Crippen LogP contribution in [0.3, 0.4) is 0 Å². The molecule has 1 N–H and O–H groups in total. The number of hydrogen-bond acceptors (Lipinski definition) is 6. The van der Waals surface area contributed by atoms with Gasteiger partial charge in [-0.3, -0.25) is 23.7 Å². The van der Waals surface area contributed by atoms with Crippen LogP contribution >= 0.6 is 11.6 Å². The number of halogens is 1. The Balaban J connectivity index is 1.78. The summed E-state index contributed by atoms with van der Waals surface area (Å²) < 4.78 is 8.57. The quantitative estimate of drug-likeness (QED) is 0.439. The third-order valence-corrected chi connectivity index (χ3v) is 5.90. The summed E-state index contributed by atoms with van der Waals surface area (Å²) in [6, 6.07) is 12.0. The maximum absolute atomic E-state index is 13.3. The molecule has 35 heavy (non-hydrogen) atoms. The van der Waals surface area contributed by atoms with Gasteiger partial charge in [0, 0.05) is 42.0 Å². The predicted molar refractivity (Wildman–Crippen MR) is 134 cm³/mol. The van der Waals surface area contributed by atoms with Crippen molar-refractivity contribution in [2.75, 3.05) is 0 Å². The van der Waals surface area contributed by atoms with Gasteiger partial charge in [-0.25, -0.2) is 4.98 Å². The Hall–Kier alpha value is -3.75. The molecule has 0 aliphatic carbocycles. The molecule has 0 unspecified atom stereocenters. The zero-order valence-corrected chi connectivity index (χ0v) is 20.6. The van der Waals surface area contributed by atoms with Gasteiger partial charge < -0.3 is 9.84 Å². The van der Waals surface area contributed by atoms with Crippen molar-refractivity contribution in [3.8, 4) is 17.3 Å². The topological polar surface area (TPSA) is 99.2 Å². The Morgan fingerprint density at radius 2 is 1.83 bits per heavy atom. The summed E-state index contributed by atoms with van der Waals surface area (Å²) in [6.45, 7) is 6.84. The van der Waals surface area contributed by atoms with Crippen LogP contribution in [0.15, 0.2) is 70.6 Å². The van der Waals surface area contributed by atoms with Crippen molar-refractivity contribution in [2.45, 2.75) is 39.9 Å². The average Bonchev–Trinajstić information content (AvgIpc) is 2.82. The first kappa shape index (κ1) is 24.4. The van der Waals surface area contributed by atoms with Gasteiger partial charge in [-0.05, 0) is 57.5 Å². The first-order valence-electron chi connectivity index (χ1n) is 10.9. The van der Waals surface area contributed by atoms with E-state index < -0.39 is 16.7 Å². The molecular formula is C26H25ClN4O4. The van der Waals surface area contributed by atoms with Crippen molar-refractivity contribution in [2.24, 2.45) is 0 Å². The van der Waals surface area contributed by atoms with Gasteiger partial charge in [0.2, 0.25) is 0 Å². The average molecular weight is 493 g/mol. The molecule has 0 aliphatic heterocycles. The van der Waals surface area contributed by atoms with Crippen LogP contribution in [0.1, 0.15) is 36.4 Å². The van der Waals surface area contributed by atoms with E-state index in [0.717, 1.165) is 0 Å². The van der Waals surface area contributed by atoms with Crippen LogP contribution in [-0.2, 0) is 12.2 Å². The first-order valence-corrected chi connectivity index (χ1v) is 11.3. The minimum Gasteiger partial charge on any atom is -0.485 e. The highest BCUT2D eigenvalue weighted by Gasteiger charge is 2.22. The zero-order chi connectivity index (χ0) is 25.3. The van der Waals surface area contributed by atoms with Gasteiger partial charge in [-0.2, -0.15) is 0 Å². The minimum atomic E-state index is -1.32. The van der Waals surface area contributed by atoms with E-state index in [-0.39, 0.29) is 22.9 Å². The Morgan fingerprint density at radius 3 is 2.51 bits per heavy atom. The number of rotatable bonds is 6. The van der Waals surface area contributed by atoms with Crippen molar-refractivity contribution in [1.29, 1.82) is 0 Å². The molecule has 4 rings (SSSR count). The number of pyridine rings is 4. The van der Waals surface area contributed by atoms with Gasteiger partial charge in [-0.15, -0.1) is 0 Å². The van der Waals surface area contributed by atoms with E-state index in [1.165, 1.54) is 9.13 Å². The lowest BCUT2D eigenvalue weighted by Gasteiger charge is -2.19. The molecule has 0 saturated heterocycles. The summed E-state index contributed by atoms with van der Waals surface area (Å²) in [5, 5.41) is 10.3. The third kappa shape index (κ3) is 4.89. The van der Waals surface area contributed by atoms with Crippen LogP contribution in [-0.4, -0.2) is 24.2 Å². The Kier molecular flexibility index (Phi) is 6.60. The molecule has 0 bridgehead atoms. The first-order chi connectivity index (χ1) is 16.6. The molecule has 4 aromatic heterocycles. The summed E-state index contributed by atoms with van der Waals surface area (Å²) in [6.07, 6.45) is 4.81. The van der Waals surface area contributed by atoms with Crippen molar-refractivity contribution in [1.82, 2.24) is 19.1 Å². The normalized spacial score (nSPS) is 11.5. The standard InChI is InChI=1S/C26H25ClN4O4/c1-16-14-29-22(30-11-7-9-19(24(30)32)26(3,4)34)13-20(16)31-17(2)12-21(23(27)25(31)33)35-15-18-8-5-6-10-28-18/h5-14,34H,15H2,1-4H3. The molecule has 0 radical (unpaired) electrons.